The van der Waals surface area contributed by atoms with Crippen LogP contribution in [0.25, 0.3) is 10.9 Å². The van der Waals surface area contributed by atoms with Gasteiger partial charge in [-0.3, -0.25) is 0 Å². The number of rotatable bonds is 10. The lowest BCUT2D eigenvalue weighted by Gasteiger charge is -2.36. The largest absolute Gasteiger partial charge is 0.486 e. The highest BCUT2D eigenvalue weighted by Crippen LogP contribution is 2.37. The Kier molecular flexibility index (Phi) is 8.51. The number of aromatic amines is 1. The van der Waals surface area contributed by atoms with Crippen LogP contribution in [0.4, 0.5) is 5.82 Å². The number of aromatic nitrogens is 3. The summed E-state index contributed by atoms with van der Waals surface area (Å²) in [7, 11) is -1.73. The number of benzene rings is 1. The van der Waals surface area contributed by atoms with Crippen LogP contribution in [0.1, 0.15) is 38.4 Å². The third-order valence-electron chi connectivity index (χ3n) is 7.31. The SMILES string of the molecule is CC(C)(C)[Si](C)(C)OCCNCCOc1c(Cl)nc(Cl)nc1N[C@@H]1CCc2[nH]c3ccccc3c2C1. The summed E-state index contributed by atoms with van der Waals surface area (Å²) in [4.78, 5) is 12.1. The van der Waals surface area contributed by atoms with Gasteiger partial charge in [0.05, 0.1) is 0 Å². The van der Waals surface area contributed by atoms with E-state index in [1.165, 1.54) is 22.2 Å². The van der Waals surface area contributed by atoms with Gasteiger partial charge in [0.1, 0.15) is 6.61 Å². The Balaban J connectivity index is 1.32. The summed E-state index contributed by atoms with van der Waals surface area (Å²) in [5.41, 5.74) is 3.85. The van der Waals surface area contributed by atoms with Crippen LogP contribution in [0.5, 0.6) is 5.75 Å². The van der Waals surface area contributed by atoms with Gasteiger partial charge in [0.25, 0.3) is 0 Å². The van der Waals surface area contributed by atoms with E-state index in [9.17, 15) is 0 Å². The molecule has 1 aliphatic rings. The molecule has 0 saturated carbocycles. The zero-order valence-electron chi connectivity index (χ0n) is 21.8. The molecular formula is C26H37Cl2N5O2Si. The number of ether oxygens (including phenoxy) is 1. The zero-order chi connectivity index (χ0) is 25.9. The van der Waals surface area contributed by atoms with E-state index in [1.807, 2.05) is 0 Å². The minimum atomic E-state index is -1.73. The first-order chi connectivity index (χ1) is 17.0. The highest BCUT2D eigenvalue weighted by atomic mass is 35.5. The van der Waals surface area contributed by atoms with Crippen molar-refractivity contribution in [3.05, 3.63) is 46.0 Å². The van der Waals surface area contributed by atoms with Gasteiger partial charge in [0.15, 0.2) is 25.0 Å². The van der Waals surface area contributed by atoms with Gasteiger partial charge in [-0.05, 0) is 60.6 Å². The van der Waals surface area contributed by atoms with Gasteiger partial charge in [-0.2, -0.15) is 4.98 Å². The average Bonchev–Trinajstić information content (AvgIpc) is 3.17. The van der Waals surface area contributed by atoms with Crippen LogP contribution >= 0.6 is 23.2 Å². The van der Waals surface area contributed by atoms with Crippen molar-refractivity contribution in [1.29, 1.82) is 0 Å². The molecule has 1 atom stereocenters. The predicted octanol–water partition coefficient (Wildman–Crippen LogP) is 6.22. The van der Waals surface area contributed by atoms with Gasteiger partial charge in [0, 0.05) is 42.3 Å². The summed E-state index contributed by atoms with van der Waals surface area (Å²) >= 11 is 12.5. The molecule has 0 aliphatic heterocycles. The van der Waals surface area contributed by atoms with Crippen molar-refractivity contribution in [3.63, 3.8) is 0 Å². The lowest BCUT2D eigenvalue weighted by molar-refractivity contribution is 0.272. The Morgan fingerprint density at radius 3 is 2.64 bits per heavy atom. The summed E-state index contributed by atoms with van der Waals surface area (Å²) in [6, 6.07) is 8.62. The van der Waals surface area contributed by atoms with Crippen molar-refractivity contribution in [2.45, 2.75) is 64.2 Å². The molecule has 0 fully saturated rings. The molecule has 4 rings (SSSR count). The third-order valence-corrected chi connectivity index (χ3v) is 12.3. The van der Waals surface area contributed by atoms with E-state index in [0.717, 1.165) is 25.8 Å². The maximum absolute atomic E-state index is 6.41. The number of nitrogens with one attached hydrogen (secondary N) is 3. The molecule has 1 aliphatic carbocycles. The molecule has 3 aromatic rings. The van der Waals surface area contributed by atoms with Crippen molar-refractivity contribution in [1.82, 2.24) is 20.3 Å². The third kappa shape index (κ3) is 6.34. The van der Waals surface area contributed by atoms with Gasteiger partial charge in [-0.1, -0.05) is 50.6 Å². The van der Waals surface area contributed by atoms with E-state index in [1.54, 1.807) is 0 Å². The molecule has 0 amide bonds. The standard InChI is InChI=1S/C26H37Cl2N5O2Si/c1-26(2,3)36(4,5)35-15-13-29-12-14-34-22-23(27)32-25(28)33-24(22)30-17-10-11-21-19(16-17)18-8-6-7-9-20(18)31-21/h6-9,17,29,31H,10-16H2,1-5H3,(H,30,32,33)/t17-/m1/s1. The zero-order valence-corrected chi connectivity index (χ0v) is 24.3. The molecule has 2 aromatic heterocycles. The number of anilines is 1. The summed E-state index contributed by atoms with van der Waals surface area (Å²) in [5, 5.41) is 8.69. The Hall–Kier alpha value is -1.84. The number of hydrogen-bond donors (Lipinski definition) is 3. The Morgan fingerprint density at radius 1 is 1.11 bits per heavy atom. The number of halogens is 2. The van der Waals surface area contributed by atoms with E-state index in [4.69, 9.17) is 32.4 Å². The van der Waals surface area contributed by atoms with Crippen molar-refractivity contribution in [2.24, 2.45) is 0 Å². The maximum atomic E-state index is 6.41. The summed E-state index contributed by atoms with van der Waals surface area (Å²) in [6.45, 7) is 13.8. The van der Waals surface area contributed by atoms with E-state index >= 15 is 0 Å². The molecule has 2 heterocycles. The number of nitrogens with zero attached hydrogens (tertiary/aromatic N) is 2. The molecule has 36 heavy (non-hydrogen) atoms. The fraction of sp³-hybridized carbons (Fsp3) is 0.538. The van der Waals surface area contributed by atoms with Gasteiger partial charge >= 0.3 is 0 Å². The normalized spacial score (nSPS) is 16.2. The van der Waals surface area contributed by atoms with Crippen molar-refractivity contribution in [2.75, 3.05) is 31.6 Å². The monoisotopic (exact) mass is 549 g/mol. The van der Waals surface area contributed by atoms with E-state index in [2.05, 4.69) is 83.7 Å². The van der Waals surface area contributed by atoms with E-state index < -0.39 is 8.32 Å². The van der Waals surface area contributed by atoms with E-state index in [-0.39, 0.29) is 21.5 Å². The topological polar surface area (TPSA) is 84.1 Å². The highest BCUT2D eigenvalue weighted by Gasteiger charge is 2.36. The first-order valence-electron chi connectivity index (χ1n) is 12.6. The Labute approximate surface area is 224 Å². The summed E-state index contributed by atoms with van der Waals surface area (Å²) in [5.74, 6) is 0.972. The van der Waals surface area contributed by atoms with Gasteiger partial charge in [-0.25, -0.2) is 4.98 Å². The predicted molar refractivity (Wildman–Crippen MR) is 151 cm³/mol. The molecule has 3 N–H and O–H groups in total. The van der Waals surface area contributed by atoms with E-state index in [0.29, 0.717) is 31.3 Å². The lowest BCUT2D eigenvalue weighted by atomic mass is 9.91. The lowest BCUT2D eigenvalue weighted by Crippen LogP contribution is -2.42. The second kappa shape index (κ2) is 11.3. The second-order valence-corrected chi connectivity index (χ2v) is 16.4. The minimum Gasteiger partial charge on any atom is -0.486 e. The number of fused-ring (bicyclic) bond motifs is 3. The van der Waals surface area contributed by atoms with Crippen molar-refractivity contribution >= 4 is 48.2 Å². The van der Waals surface area contributed by atoms with Gasteiger partial charge in [0.2, 0.25) is 5.28 Å². The quantitative estimate of drug-likeness (QED) is 0.120. The van der Waals surface area contributed by atoms with Gasteiger partial charge in [-0.15, -0.1) is 0 Å². The molecule has 0 spiro atoms. The average molecular weight is 551 g/mol. The molecule has 7 nitrogen and oxygen atoms in total. The van der Waals surface area contributed by atoms with Crippen LogP contribution in [0.3, 0.4) is 0 Å². The molecule has 0 saturated heterocycles. The Bertz CT molecular complexity index is 1200. The van der Waals surface area contributed by atoms with Crippen LogP contribution in [0, 0.1) is 0 Å². The molecular weight excluding hydrogens is 513 g/mol. The van der Waals surface area contributed by atoms with Crippen LogP contribution in [-0.4, -0.2) is 55.6 Å². The molecule has 0 unspecified atom stereocenters. The van der Waals surface area contributed by atoms with Crippen LogP contribution in [-0.2, 0) is 17.3 Å². The molecule has 196 valence electrons. The number of para-hydroxylation sites is 1. The van der Waals surface area contributed by atoms with Gasteiger partial charge < -0.3 is 24.8 Å². The fourth-order valence-electron chi connectivity index (χ4n) is 4.25. The number of H-pyrrole nitrogens is 1. The van der Waals surface area contributed by atoms with Crippen LogP contribution in [0.2, 0.25) is 28.6 Å². The Morgan fingerprint density at radius 2 is 1.86 bits per heavy atom. The first-order valence-corrected chi connectivity index (χ1v) is 16.3. The summed E-state index contributed by atoms with van der Waals surface area (Å²) < 4.78 is 12.2. The summed E-state index contributed by atoms with van der Waals surface area (Å²) in [6.07, 6.45) is 2.81. The second-order valence-electron chi connectivity index (χ2n) is 10.9. The minimum absolute atomic E-state index is 0.0966. The maximum Gasteiger partial charge on any atom is 0.226 e. The molecule has 10 heteroatoms. The smallest absolute Gasteiger partial charge is 0.226 e. The molecule has 0 radical (unpaired) electrons. The molecule has 0 bridgehead atoms. The fourth-order valence-corrected chi connectivity index (χ4v) is 5.74. The van der Waals surface area contributed by atoms with Crippen LogP contribution < -0.4 is 15.4 Å². The highest BCUT2D eigenvalue weighted by molar-refractivity contribution is 6.74. The van der Waals surface area contributed by atoms with Crippen molar-refractivity contribution in [3.8, 4) is 5.75 Å². The first kappa shape index (κ1) is 27.2. The van der Waals surface area contributed by atoms with Crippen molar-refractivity contribution < 1.29 is 9.16 Å². The number of aryl methyl sites for hydroxylation is 1. The number of hydrogen-bond acceptors (Lipinski definition) is 6. The van der Waals surface area contributed by atoms with Crippen LogP contribution in [0.15, 0.2) is 24.3 Å². The molecule has 1 aromatic carbocycles.